The largest absolute Gasteiger partial charge is 0.454 e. The van der Waals surface area contributed by atoms with Gasteiger partial charge in [-0.25, -0.2) is 13.6 Å². The number of aryl methyl sites for hydroxylation is 1. The van der Waals surface area contributed by atoms with E-state index in [1.54, 1.807) is 0 Å². The van der Waals surface area contributed by atoms with Crippen LogP contribution < -0.4 is 11.1 Å². The third-order valence-electron chi connectivity index (χ3n) is 3.52. The third-order valence-corrected chi connectivity index (χ3v) is 3.52. The zero-order valence-electron chi connectivity index (χ0n) is 14.2. The van der Waals surface area contributed by atoms with Gasteiger partial charge in [0, 0.05) is 11.8 Å². The number of benzene rings is 2. The summed E-state index contributed by atoms with van der Waals surface area (Å²) in [5, 5.41) is 3.01. The van der Waals surface area contributed by atoms with E-state index in [9.17, 15) is 13.6 Å². The minimum Gasteiger partial charge on any atom is -0.454 e. The molecule has 3 aromatic rings. The zero-order chi connectivity index (χ0) is 19.4. The van der Waals surface area contributed by atoms with Gasteiger partial charge in [-0.3, -0.25) is 0 Å². The van der Waals surface area contributed by atoms with E-state index in [1.807, 2.05) is 31.2 Å². The number of aromatic nitrogens is 3. The van der Waals surface area contributed by atoms with Crippen LogP contribution in [0.25, 0.3) is 0 Å². The van der Waals surface area contributed by atoms with Gasteiger partial charge in [-0.1, -0.05) is 18.2 Å². The lowest BCUT2D eigenvalue weighted by Gasteiger charge is -2.10. The van der Waals surface area contributed by atoms with Crippen molar-refractivity contribution in [1.82, 2.24) is 15.0 Å². The Morgan fingerprint density at radius 3 is 2.52 bits per heavy atom. The average Bonchev–Trinajstić information content (AvgIpc) is 2.60. The molecular weight excluding hydrogens is 356 g/mol. The monoisotopic (exact) mass is 371 g/mol. The maximum Gasteiger partial charge on any atom is 0.338 e. The van der Waals surface area contributed by atoms with Crippen molar-refractivity contribution in [2.75, 3.05) is 11.1 Å². The molecule has 9 heteroatoms. The lowest BCUT2D eigenvalue weighted by atomic mass is 10.2. The van der Waals surface area contributed by atoms with Crippen molar-refractivity contribution < 1.29 is 18.3 Å². The first-order valence-electron chi connectivity index (χ1n) is 7.87. The fraction of sp³-hybridized carbons (Fsp3) is 0.111. The number of hydrogen-bond donors (Lipinski definition) is 2. The topological polar surface area (TPSA) is 103 Å². The summed E-state index contributed by atoms with van der Waals surface area (Å²) in [7, 11) is 0. The van der Waals surface area contributed by atoms with Gasteiger partial charge >= 0.3 is 5.97 Å². The Hall–Kier alpha value is -3.62. The highest BCUT2D eigenvalue weighted by Crippen LogP contribution is 2.18. The molecule has 138 valence electrons. The lowest BCUT2D eigenvalue weighted by molar-refractivity contribution is 0.0461. The van der Waals surface area contributed by atoms with E-state index in [-0.39, 0.29) is 29.9 Å². The fourth-order valence-corrected chi connectivity index (χ4v) is 2.28. The molecule has 0 atom stereocenters. The molecule has 1 aromatic heterocycles. The number of halogens is 2. The summed E-state index contributed by atoms with van der Waals surface area (Å²) in [6.45, 7) is 1.57. The van der Waals surface area contributed by atoms with Crippen molar-refractivity contribution in [3.63, 3.8) is 0 Å². The van der Waals surface area contributed by atoms with E-state index >= 15 is 0 Å². The Kier molecular flexibility index (Phi) is 5.20. The van der Waals surface area contributed by atoms with Gasteiger partial charge < -0.3 is 15.8 Å². The number of rotatable bonds is 5. The van der Waals surface area contributed by atoms with Crippen LogP contribution in [-0.4, -0.2) is 20.9 Å². The van der Waals surface area contributed by atoms with Crippen LogP contribution in [-0.2, 0) is 11.3 Å². The number of ether oxygens (including phenoxy) is 1. The van der Waals surface area contributed by atoms with Gasteiger partial charge in [0.1, 0.15) is 11.6 Å². The number of esters is 1. The van der Waals surface area contributed by atoms with Gasteiger partial charge in [-0.2, -0.15) is 15.0 Å². The number of carbonyl (C=O) groups is 1. The molecule has 3 rings (SSSR count). The smallest absolute Gasteiger partial charge is 0.338 e. The molecule has 7 nitrogen and oxygen atoms in total. The first-order chi connectivity index (χ1) is 12.9. The molecule has 0 saturated carbocycles. The lowest BCUT2D eigenvalue weighted by Crippen LogP contribution is -2.11. The molecule has 0 aliphatic heterocycles. The number of nitrogens with zero attached hydrogens (tertiary/aromatic N) is 3. The molecule has 0 aliphatic carbocycles. The van der Waals surface area contributed by atoms with Gasteiger partial charge in [0.15, 0.2) is 12.4 Å². The van der Waals surface area contributed by atoms with Crippen LogP contribution in [0.5, 0.6) is 0 Å². The van der Waals surface area contributed by atoms with E-state index in [4.69, 9.17) is 10.5 Å². The van der Waals surface area contributed by atoms with Crippen LogP contribution in [0.4, 0.5) is 26.4 Å². The van der Waals surface area contributed by atoms with E-state index in [1.165, 1.54) is 0 Å². The van der Waals surface area contributed by atoms with E-state index in [0.717, 1.165) is 23.4 Å². The normalized spacial score (nSPS) is 10.5. The maximum absolute atomic E-state index is 13.2. The molecule has 0 radical (unpaired) electrons. The molecule has 0 bridgehead atoms. The van der Waals surface area contributed by atoms with Crippen molar-refractivity contribution in [2.24, 2.45) is 0 Å². The summed E-state index contributed by atoms with van der Waals surface area (Å²) in [6, 6.07) is 9.90. The van der Waals surface area contributed by atoms with Gasteiger partial charge in [0.2, 0.25) is 11.9 Å². The van der Waals surface area contributed by atoms with Crippen molar-refractivity contribution in [2.45, 2.75) is 13.5 Å². The Morgan fingerprint density at radius 2 is 1.81 bits per heavy atom. The van der Waals surface area contributed by atoms with Gasteiger partial charge in [-0.05, 0) is 30.7 Å². The second-order valence-electron chi connectivity index (χ2n) is 5.61. The molecule has 0 aliphatic rings. The van der Waals surface area contributed by atoms with Gasteiger partial charge in [-0.15, -0.1) is 0 Å². The number of para-hydroxylation sites is 1. The van der Waals surface area contributed by atoms with Crippen LogP contribution in [0.15, 0.2) is 42.5 Å². The summed E-state index contributed by atoms with van der Waals surface area (Å²) >= 11 is 0. The number of nitrogens with two attached hydrogens (primary N) is 1. The number of carbonyl (C=O) groups excluding carboxylic acids is 1. The van der Waals surface area contributed by atoms with Gasteiger partial charge in [0.05, 0.1) is 5.56 Å². The summed E-state index contributed by atoms with van der Waals surface area (Å²) in [5.74, 6) is -2.47. The third kappa shape index (κ3) is 4.72. The molecule has 0 fully saturated rings. The molecule has 0 saturated heterocycles. The van der Waals surface area contributed by atoms with Crippen molar-refractivity contribution in [3.05, 3.63) is 71.1 Å². The Morgan fingerprint density at radius 1 is 1.11 bits per heavy atom. The number of nitrogen functional groups attached to an aromatic ring is 1. The maximum atomic E-state index is 13.2. The van der Waals surface area contributed by atoms with E-state index in [2.05, 4.69) is 20.3 Å². The molecule has 0 spiro atoms. The SMILES string of the molecule is Cc1ccccc1Nc1nc(N)nc(COC(=O)c2cc(F)cc(F)c2)n1. The van der Waals surface area contributed by atoms with Crippen LogP contribution in [0.2, 0.25) is 0 Å². The molecule has 0 unspecified atom stereocenters. The molecular formula is C18H15F2N5O2. The molecule has 1 heterocycles. The summed E-state index contributed by atoms with van der Waals surface area (Å²) in [6.07, 6.45) is 0. The highest BCUT2D eigenvalue weighted by atomic mass is 19.1. The van der Waals surface area contributed by atoms with Gasteiger partial charge in [0.25, 0.3) is 0 Å². The predicted octanol–water partition coefficient (Wildman–Crippen LogP) is 3.14. The molecule has 2 aromatic carbocycles. The Balaban J connectivity index is 1.72. The van der Waals surface area contributed by atoms with Crippen LogP contribution in [0.1, 0.15) is 21.7 Å². The molecule has 3 N–H and O–H groups in total. The predicted molar refractivity (Wildman–Crippen MR) is 94.2 cm³/mol. The van der Waals surface area contributed by atoms with E-state index in [0.29, 0.717) is 6.07 Å². The summed E-state index contributed by atoms with van der Waals surface area (Å²) < 4.78 is 31.4. The fourth-order valence-electron chi connectivity index (χ4n) is 2.28. The first kappa shape index (κ1) is 18.2. The molecule has 27 heavy (non-hydrogen) atoms. The Labute approximate surface area is 153 Å². The standard InChI is InChI=1S/C18H15F2N5O2/c1-10-4-2-3-5-14(10)22-18-24-15(23-17(21)25-18)9-27-16(26)11-6-12(19)8-13(20)7-11/h2-8H,9H2,1H3,(H3,21,22,23,24,25). The second kappa shape index (κ2) is 7.73. The number of anilines is 3. The van der Waals surface area contributed by atoms with Crippen molar-refractivity contribution >= 4 is 23.6 Å². The first-order valence-corrected chi connectivity index (χ1v) is 7.87. The van der Waals surface area contributed by atoms with Crippen molar-refractivity contribution in [3.8, 4) is 0 Å². The Bertz CT molecular complexity index is 977. The number of nitrogens with one attached hydrogen (secondary N) is 1. The average molecular weight is 371 g/mol. The van der Waals surface area contributed by atoms with Crippen LogP contribution in [0, 0.1) is 18.6 Å². The minimum absolute atomic E-state index is 0.0658. The van der Waals surface area contributed by atoms with Crippen LogP contribution >= 0.6 is 0 Å². The quantitative estimate of drug-likeness (QED) is 0.664. The van der Waals surface area contributed by atoms with E-state index < -0.39 is 17.6 Å². The van der Waals surface area contributed by atoms with Crippen molar-refractivity contribution in [1.29, 1.82) is 0 Å². The van der Waals surface area contributed by atoms with Crippen LogP contribution in [0.3, 0.4) is 0 Å². The number of hydrogen-bond acceptors (Lipinski definition) is 7. The highest BCUT2D eigenvalue weighted by Gasteiger charge is 2.13. The summed E-state index contributed by atoms with van der Waals surface area (Å²) in [5.41, 5.74) is 7.16. The molecule has 0 amide bonds. The summed E-state index contributed by atoms with van der Waals surface area (Å²) in [4.78, 5) is 24.0. The highest BCUT2D eigenvalue weighted by molar-refractivity contribution is 5.89. The minimum atomic E-state index is -0.916. The zero-order valence-corrected chi connectivity index (χ0v) is 14.2. The second-order valence-corrected chi connectivity index (χ2v) is 5.61.